The summed E-state index contributed by atoms with van der Waals surface area (Å²) in [5.74, 6) is 0. The smallest absolute Gasteiger partial charge is 0.0698 e. The van der Waals surface area contributed by atoms with Crippen molar-refractivity contribution in [2.45, 2.75) is 47.1 Å². The van der Waals surface area contributed by atoms with Gasteiger partial charge in [-0.2, -0.15) is 0 Å². The molecule has 0 amide bonds. The van der Waals surface area contributed by atoms with Crippen LogP contribution in [0.25, 0.3) is 0 Å². The third-order valence-electron chi connectivity index (χ3n) is 2.95. The van der Waals surface area contributed by atoms with Gasteiger partial charge in [0.15, 0.2) is 0 Å². The molecule has 0 heterocycles. The summed E-state index contributed by atoms with van der Waals surface area (Å²) < 4.78 is 0. The van der Waals surface area contributed by atoms with Gasteiger partial charge in [-0.05, 0) is 49.3 Å². The van der Waals surface area contributed by atoms with Crippen LogP contribution in [-0.4, -0.2) is 11.2 Å². The van der Waals surface area contributed by atoms with Crippen molar-refractivity contribution >= 4 is 0 Å². The molecule has 1 heteroatoms. The Morgan fingerprint density at radius 3 is 2.60 bits per heavy atom. The highest BCUT2D eigenvalue weighted by Gasteiger charge is 2.26. The fourth-order valence-corrected chi connectivity index (χ4v) is 2.54. The average Bonchev–Trinajstić information content (AvgIpc) is 1.99. The average molecular weight is 206 g/mol. The Morgan fingerprint density at radius 1 is 1.53 bits per heavy atom. The summed E-state index contributed by atoms with van der Waals surface area (Å²) in [5, 5.41) is 9.39. The van der Waals surface area contributed by atoms with E-state index in [9.17, 15) is 5.11 Å². The standard InChI is InChI=1S/C14H22O/c1-10-7-6-8-14(4,5)13(10)11(2)9-12(3)15/h6-7,9,12,15H,8H2,1-5H3/b11-9+. The molecule has 0 bridgehead atoms. The van der Waals surface area contributed by atoms with Gasteiger partial charge in [0, 0.05) is 0 Å². The Balaban J connectivity index is 3.15. The maximum absolute atomic E-state index is 9.39. The lowest BCUT2D eigenvalue weighted by Crippen LogP contribution is -2.19. The fourth-order valence-electron chi connectivity index (χ4n) is 2.54. The molecule has 1 rings (SSSR count). The van der Waals surface area contributed by atoms with Gasteiger partial charge in [-0.1, -0.05) is 32.1 Å². The van der Waals surface area contributed by atoms with E-state index in [-0.39, 0.29) is 11.5 Å². The summed E-state index contributed by atoms with van der Waals surface area (Å²) in [6.45, 7) is 10.5. The second-order valence-electron chi connectivity index (χ2n) is 5.14. The van der Waals surface area contributed by atoms with Crippen molar-refractivity contribution in [1.82, 2.24) is 0 Å². The Morgan fingerprint density at radius 2 is 2.13 bits per heavy atom. The van der Waals surface area contributed by atoms with Crippen LogP contribution < -0.4 is 0 Å². The van der Waals surface area contributed by atoms with E-state index >= 15 is 0 Å². The zero-order valence-electron chi connectivity index (χ0n) is 10.5. The van der Waals surface area contributed by atoms with Crippen LogP contribution in [0.1, 0.15) is 41.0 Å². The maximum Gasteiger partial charge on any atom is 0.0698 e. The molecule has 0 aromatic heterocycles. The number of hydrogen-bond acceptors (Lipinski definition) is 1. The van der Waals surface area contributed by atoms with Crippen LogP contribution in [0.4, 0.5) is 0 Å². The van der Waals surface area contributed by atoms with Gasteiger partial charge < -0.3 is 5.11 Å². The van der Waals surface area contributed by atoms with E-state index in [1.165, 1.54) is 16.7 Å². The van der Waals surface area contributed by atoms with E-state index in [1.54, 1.807) is 6.92 Å². The predicted molar refractivity (Wildman–Crippen MR) is 65.7 cm³/mol. The van der Waals surface area contributed by atoms with Crippen molar-refractivity contribution < 1.29 is 5.11 Å². The molecule has 0 fully saturated rings. The van der Waals surface area contributed by atoms with Crippen molar-refractivity contribution in [2.75, 3.05) is 0 Å². The van der Waals surface area contributed by atoms with Gasteiger partial charge >= 0.3 is 0 Å². The van der Waals surface area contributed by atoms with Gasteiger partial charge in [-0.3, -0.25) is 0 Å². The molecule has 0 spiro atoms. The minimum absolute atomic E-state index is 0.189. The van der Waals surface area contributed by atoms with E-state index in [2.05, 4.69) is 39.8 Å². The number of hydrogen-bond donors (Lipinski definition) is 1. The Hall–Kier alpha value is -0.820. The fraction of sp³-hybridized carbons (Fsp3) is 0.571. The second kappa shape index (κ2) is 4.36. The topological polar surface area (TPSA) is 20.2 Å². The van der Waals surface area contributed by atoms with Gasteiger partial charge in [0.25, 0.3) is 0 Å². The molecule has 1 nitrogen and oxygen atoms in total. The molecule has 1 N–H and O–H groups in total. The molecule has 0 aromatic rings. The number of aliphatic hydroxyl groups is 1. The summed E-state index contributed by atoms with van der Waals surface area (Å²) in [6.07, 6.45) is 7.05. The lowest BCUT2D eigenvalue weighted by Gasteiger charge is -2.32. The molecule has 0 saturated carbocycles. The van der Waals surface area contributed by atoms with E-state index in [4.69, 9.17) is 0 Å². The molecule has 1 aliphatic carbocycles. The van der Waals surface area contributed by atoms with Gasteiger partial charge in [0.2, 0.25) is 0 Å². The molecule has 1 aliphatic rings. The first-order valence-electron chi connectivity index (χ1n) is 5.59. The first-order chi connectivity index (χ1) is 6.84. The monoisotopic (exact) mass is 206 g/mol. The summed E-state index contributed by atoms with van der Waals surface area (Å²) in [4.78, 5) is 0. The van der Waals surface area contributed by atoms with E-state index in [1.807, 2.05) is 6.08 Å². The summed E-state index contributed by atoms with van der Waals surface area (Å²) in [5.41, 5.74) is 4.09. The number of allylic oxidation sites excluding steroid dienone is 5. The molecule has 15 heavy (non-hydrogen) atoms. The molecule has 0 aliphatic heterocycles. The first kappa shape index (κ1) is 12.3. The third kappa shape index (κ3) is 2.82. The summed E-state index contributed by atoms with van der Waals surface area (Å²) in [7, 11) is 0. The van der Waals surface area contributed by atoms with Gasteiger partial charge in [0.05, 0.1) is 6.10 Å². The van der Waals surface area contributed by atoms with Crippen molar-refractivity contribution in [3.8, 4) is 0 Å². The highest BCUT2D eigenvalue weighted by atomic mass is 16.3. The number of rotatable bonds is 2. The highest BCUT2D eigenvalue weighted by molar-refractivity contribution is 5.45. The van der Waals surface area contributed by atoms with Crippen LogP contribution in [0.5, 0.6) is 0 Å². The van der Waals surface area contributed by atoms with Crippen LogP contribution in [0.3, 0.4) is 0 Å². The zero-order valence-corrected chi connectivity index (χ0v) is 10.5. The highest BCUT2D eigenvalue weighted by Crippen LogP contribution is 2.40. The largest absolute Gasteiger partial charge is 0.389 e. The Labute approximate surface area is 93.2 Å². The first-order valence-corrected chi connectivity index (χ1v) is 5.59. The molecule has 0 saturated heterocycles. The van der Waals surface area contributed by atoms with E-state index in [0.717, 1.165) is 6.42 Å². The number of aliphatic hydroxyl groups excluding tert-OH is 1. The van der Waals surface area contributed by atoms with Crippen LogP contribution in [0.15, 0.2) is 34.9 Å². The Bertz CT molecular complexity index is 327. The van der Waals surface area contributed by atoms with Gasteiger partial charge in [0.1, 0.15) is 0 Å². The van der Waals surface area contributed by atoms with Crippen LogP contribution in [0, 0.1) is 5.41 Å². The molecular weight excluding hydrogens is 184 g/mol. The molecular formula is C14H22O. The van der Waals surface area contributed by atoms with Crippen LogP contribution >= 0.6 is 0 Å². The molecule has 0 radical (unpaired) electrons. The predicted octanol–water partition coefficient (Wildman–Crippen LogP) is 3.62. The lowest BCUT2D eigenvalue weighted by atomic mass is 9.73. The molecule has 0 aromatic carbocycles. The van der Waals surface area contributed by atoms with Crippen molar-refractivity contribution in [3.63, 3.8) is 0 Å². The third-order valence-corrected chi connectivity index (χ3v) is 2.95. The van der Waals surface area contributed by atoms with Crippen LogP contribution in [0.2, 0.25) is 0 Å². The van der Waals surface area contributed by atoms with Crippen molar-refractivity contribution in [2.24, 2.45) is 5.41 Å². The van der Waals surface area contributed by atoms with E-state index < -0.39 is 0 Å². The SMILES string of the molecule is CC1=C(/C(C)=C/C(C)O)C(C)(C)CC=C1. The minimum atomic E-state index is -0.369. The lowest BCUT2D eigenvalue weighted by molar-refractivity contribution is 0.243. The van der Waals surface area contributed by atoms with Crippen molar-refractivity contribution in [1.29, 1.82) is 0 Å². The van der Waals surface area contributed by atoms with Gasteiger partial charge in [-0.15, -0.1) is 0 Å². The maximum atomic E-state index is 9.39. The molecule has 1 unspecified atom stereocenters. The van der Waals surface area contributed by atoms with Crippen molar-refractivity contribution in [3.05, 3.63) is 34.9 Å². The minimum Gasteiger partial charge on any atom is -0.389 e. The quantitative estimate of drug-likeness (QED) is 0.731. The zero-order chi connectivity index (χ0) is 11.6. The molecule has 84 valence electrons. The van der Waals surface area contributed by atoms with Crippen LogP contribution in [-0.2, 0) is 0 Å². The Kier molecular flexibility index (Phi) is 3.56. The second-order valence-corrected chi connectivity index (χ2v) is 5.14. The van der Waals surface area contributed by atoms with Gasteiger partial charge in [-0.25, -0.2) is 0 Å². The molecule has 1 atom stereocenters. The van der Waals surface area contributed by atoms with E-state index in [0.29, 0.717) is 0 Å². The normalized spacial score (nSPS) is 23.2. The summed E-state index contributed by atoms with van der Waals surface area (Å²) in [6, 6.07) is 0. The summed E-state index contributed by atoms with van der Waals surface area (Å²) >= 11 is 0.